The normalized spacial score (nSPS) is 13.4. The summed E-state index contributed by atoms with van der Waals surface area (Å²) < 4.78 is 5.78. The van der Waals surface area contributed by atoms with Crippen LogP contribution in [0.5, 0.6) is 5.75 Å². The van der Waals surface area contributed by atoms with Gasteiger partial charge in [-0.1, -0.05) is 43.6 Å². The lowest BCUT2D eigenvalue weighted by molar-refractivity contribution is 0.0734. The summed E-state index contributed by atoms with van der Waals surface area (Å²) in [6.07, 6.45) is 0.748. The highest BCUT2D eigenvalue weighted by Crippen LogP contribution is 2.30. The summed E-state index contributed by atoms with van der Waals surface area (Å²) in [5, 5.41) is 8.29. The van der Waals surface area contributed by atoms with Gasteiger partial charge in [0.05, 0.1) is 12.3 Å². The largest absolute Gasteiger partial charge is 0.493 e. The number of benzene rings is 2. The number of nitrogens with zero attached hydrogens (tertiary/aromatic N) is 2. The molecule has 5 nitrogen and oxygen atoms in total. The van der Waals surface area contributed by atoms with Gasteiger partial charge in [-0.2, -0.15) is 5.10 Å². The first-order chi connectivity index (χ1) is 14.0. The lowest BCUT2D eigenvalue weighted by Gasteiger charge is -2.27. The van der Waals surface area contributed by atoms with E-state index in [-0.39, 0.29) is 5.91 Å². The number of hydrogen-bond acceptors (Lipinski definition) is 3. The number of carbonyl (C=O) groups is 1. The third-order valence-electron chi connectivity index (χ3n) is 4.98. The lowest BCUT2D eigenvalue weighted by atomic mass is 10.0. The Kier molecular flexibility index (Phi) is 5.58. The minimum Gasteiger partial charge on any atom is -0.493 e. The zero-order chi connectivity index (χ0) is 20.4. The average Bonchev–Trinajstić information content (AvgIpc) is 3.15. The van der Waals surface area contributed by atoms with Crippen molar-refractivity contribution in [2.75, 3.05) is 13.2 Å². The van der Waals surface area contributed by atoms with Gasteiger partial charge in [0.2, 0.25) is 0 Å². The molecule has 150 valence electrons. The highest BCUT2D eigenvalue weighted by Gasteiger charge is 2.26. The second kappa shape index (κ2) is 8.29. The molecule has 2 aromatic carbocycles. The third-order valence-corrected chi connectivity index (χ3v) is 5.22. The maximum atomic E-state index is 13.1. The second-order valence-corrected chi connectivity index (χ2v) is 8.19. The van der Waals surface area contributed by atoms with Crippen molar-refractivity contribution in [1.82, 2.24) is 15.1 Å². The van der Waals surface area contributed by atoms with E-state index in [1.165, 1.54) is 0 Å². The number of aromatic nitrogens is 2. The van der Waals surface area contributed by atoms with E-state index in [4.69, 9.17) is 16.3 Å². The number of nitrogens with one attached hydrogen (secondary N) is 1. The minimum absolute atomic E-state index is 0.00360. The molecule has 1 amide bonds. The van der Waals surface area contributed by atoms with Crippen LogP contribution in [0.2, 0.25) is 5.02 Å². The highest BCUT2D eigenvalue weighted by molar-refractivity contribution is 6.30. The smallest absolute Gasteiger partial charge is 0.254 e. The van der Waals surface area contributed by atoms with Gasteiger partial charge in [-0.05, 0) is 36.2 Å². The number of rotatable bonds is 5. The zero-order valence-corrected chi connectivity index (χ0v) is 17.4. The Labute approximate surface area is 175 Å². The van der Waals surface area contributed by atoms with Gasteiger partial charge in [-0.25, -0.2) is 0 Å². The van der Waals surface area contributed by atoms with Crippen LogP contribution >= 0.6 is 11.6 Å². The molecule has 0 unspecified atom stereocenters. The Balaban J connectivity index is 1.55. The topological polar surface area (TPSA) is 58.2 Å². The quantitative estimate of drug-likeness (QED) is 0.647. The van der Waals surface area contributed by atoms with Crippen LogP contribution < -0.4 is 4.74 Å². The summed E-state index contributed by atoms with van der Waals surface area (Å²) in [7, 11) is 0. The van der Waals surface area contributed by atoms with Crippen LogP contribution in [0.3, 0.4) is 0 Å². The Hall–Kier alpha value is -2.79. The van der Waals surface area contributed by atoms with E-state index in [9.17, 15) is 4.79 Å². The van der Waals surface area contributed by atoms with Crippen LogP contribution in [0.4, 0.5) is 0 Å². The molecule has 3 aromatic rings. The van der Waals surface area contributed by atoms with E-state index in [0.717, 1.165) is 34.7 Å². The number of ether oxygens (including phenoxy) is 1. The number of amides is 1. The SMILES string of the molecule is CC(C)COc1cccc(C(=O)N2CCc3[nH]nc(-c4cccc(Cl)c4)c3C2)c1. The van der Waals surface area contributed by atoms with Crippen LogP contribution in [0, 0.1) is 5.92 Å². The van der Waals surface area contributed by atoms with Crippen molar-refractivity contribution in [3.63, 3.8) is 0 Å². The Morgan fingerprint density at radius 1 is 1.24 bits per heavy atom. The molecule has 1 aromatic heterocycles. The number of aromatic amines is 1. The number of H-pyrrole nitrogens is 1. The molecule has 1 aliphatic rings. The maximum absolute atomic E-state index is 13.1. The van der Waals surface area contributed by atoms with Crippen molar-refractivity contribution in [3.8, 4) is 17.0 Å². The number of fused-ring (bicyclic) bond motifs is 1. The van der Waals surface area contributed by atoms with E-state index in [1.54, 1.807) is 0 Å². The van der Waals surface area contributed by atoms with Crippen LogP contribution in [0.25, 0.3) is 11.3 Å². The first kappa shape index (κ1) is 19.5. The van der Waals surface area contributed by atoms with E-state index in [0.29, 0.717) is 36.2 Å². The first-order valence-corrected chi connectivity index (χ1v) is 10.2. The fraction of sp³-hybridized carbons (Fsp3) is 0.304. The Bertz CT molecular complexity index is 1030. The van der Waals surface area contributed by atoms with E-state index in [1.807, 2.05) is 53.4 Å². The molecule has 1 aliphatic heterocycles. The molecule has 0 saturated heterocycles. The van der Waals surface area contributed by atoms with E-state index in [2.05, 4.69) is 24.0 Å². The molecule has 0 atom stereocenters. The van der Waals surface area contributed by atoms with Gasteiger partial charge in [-0.3, -0.25) is 9.89 Å². The molecular formula is C23H24ClN3O2. The number of carbonyl (C=O) groups excluding carboxylic acids is 1. The van der Waals surface area contributed by atoms with Crippen molar-refractivity contribution in [3.05, 3.63) is 70.4 Å². The molecule has 2 heterocycles. The van der Waals surface area contributed by atoms with Gasteiger partial charge >= 0.3 is 0 Å². The molecule has 0 fully saturated rings. The van der Waals surface area contributed by atoms with Crippen LogP contribution in [0.1, 0.15) is 35.5 Å². The number of hydrogen-bond donors (Lipinski definition) is 1. The molecule has 6 heteroatoms. The highest BCUT2D eigenvalue weighted by atomic mass is 35.5. The van der Waals surface area contributed by atoms with Crippen molar-refractivity contribution in [2.24, 2.45) is 5.92 Å². The van der Waals surface area contributed by atoms with E-state index < -0.39 is 0 Å². The van der Waals surface area contributed by atoms with Gasteiger partial charge in [0.25, 0.3) is 5.91 Å². The first-order valence-electron chi connectivity index (χ1n) is 9.85. The van der Waals surface area contributed by atoms with Crippen molar-refractivity contribution in [1.29, 1.82) is 0 Å². The van der Waals surface area contributed by atoms with Crippen molar-refractivity contribution >= 4 is 17.5 Å². The fourth-order valence-corrected chi connectivity index (χ4v) is 3.70. The summed E-state index contributed by atoms with van der Waals surface area (Å²) >= 11 is 6.15. The fourth-order valence-electron chi connectivity index (χ4n) is 3.51. The number of halogens is 1. The van der Waals surface area contributed by atoms with Crippen LogP contribution in [-0.2, 0) is 13.0 Å². The second-order valence-electron chi connectivity index (χ2n) is 7.75. The Morgan fingerprint density at radius 3 is 2.86 bits per heavy atom. The van der Waals surface area contributed by atoms with Gasteiger partial charge in [-0.15, -0.1) is 0 Å². The van der Waals surface area contributed by atoms with Crippen LogP contribution in [-0.4, -0.2) is 34.2 Å². The zero-order valence-electron chi connectivity index (χ0n) is 16.6. The molecule has 0 saturated carbocycles. The molecule has 0 bridgehead atoms. The van der Waals surface area contributed by atoms with Gasteiger partial charge in [0.1, 0.15) is 5.75 Å². The summed E-state index contributed by atoms with van der Waals surface area (Å²) in [6, 6.07) is 15.1. The molecular weight excluding hydrogens is 386 g/mol. The lowest BCUT2D eigenvalue weighted by Crippen LogP contribution is -2.35. The summed E-state index contributed by atoms with van der Waals surface area (Å²) in [5.74, 6) is 1.16. The standard InChI is InChI=1S/C23H24ClN3O2/c1-15(2)14-29-19-8-4-6-17(12-19)23(28)27-10-9-21-20(13-27)22(26-25-21)16-5-3-7-18(24)11-16/h3-8,11-12,15H,9-10,13-14H2,1-2H3,(H,25,26). The van der Waals surface area contributed by atoms with Gasteiger partial charge in [0, 0.05) is 46.9 Å². The van der Waals surface area contributed by atoms with Crippen LogP contribution in [0.15, 0.2) is 48.5 Å². The van der Waals surface area contributed by atoms with Gasteiger partial charge < -0.3 is 9.64 Å². The molecule has 1 N–H and O–H groups in total. The summed E-state index contributed by atoms with van der Waals surface area (Å²) in [4.78, 5) is 15.0. The summed E-state index contributed by atoms with van der Waals surface area (Å²) in [6.45, 7) is 6.00. The predicted octanol–water partition coefficient (Wildman–Crippen LogP) is 4.96. The maximum Gasteiger partial charge on any atom is 0.254 e. The monoisotopic (exact) mass is 409 g/mol. The Morgan fingerprint density at radius 2 is 2.07 bits per heavy atom. The minimum atomic E-state index is 0.00360. The molecule has 0 spiro atoms. The molecule has 4 rings (SSSR count). The molecule has 29 heavy (non-hydrogen) atoms. The summed E-state index contributed by atoms with van der Waals surface area (Å²) in [5.41, 5.74) is 4.59. The van der Waals surface area contributed by atoms with Crippen molar-refractivity contribution in [2.45, 2.75) is 26.8 Å². The average molecular weight is 410 g/mol. The molecule has 0 aliphatic carbocycles. The molecule has 0 radical (unpaired) electrons. The van der Waals surface area contributed by atoms with Crippen molar-refractivity contribution < 1.29 is 9.53 Å². The van der Waals surface area contributed by atoms with E-state index >= 15 is 0 Å². The van der Waals surface area contributed by atoms with Gasteiger partial charge in [0.15, 0.2) is 0 Å². The third kappa shape index (κ3) is 4.30. The predicted molar refractivity (Wildman–Crippen MR) is 114 cm³/mol.